The number of hydrogen-bond donors (Lipinski definition) is 0. The van der Waals surface area contributed by atoms with Gasteiger partial charge in [0.15, 0.2) is 0 Å². The molecule has 0 aliphatic rings. The molecule has 0 aliphatic heterocycles. The lowest BCUT2D eigenvalue weighted by Gasteiger charge is -2.23. The molecule has 0 radical (unpaired) electrons. The van der Waals surface area contributed by atoms with Gasteiger partial charge in [-0.25, -0.2) is 0 Å². The third-order valence-electron chi connectivity index (χ3n) is 1.81. The van der Waals surface area contributed by atoms with Crippen molar-refractivity contribution < 1.29 is 18.0 Å². The average molecular weight is 199 g/mol. The third kappa shape index (κ3) is 2.84. The lowest BCUT2D eigenvalue weighted by molar-refractivity contribution is -0.179. The van der Waals surface area contributed by atoms with Crippen LogP contribution >= 0.6 is 0 Å². The van der Waals surface area contributed by atoms with Crippen LogP contribution < -0.4 is 0 Å². The number of rotatable bonds is 2. The molecule has 0 rings (SSSR count). The predicted octanol–water partition coefficient (Wildman–Crippen LogP) is 1.38. The molecule has 6 heteroatoms. The Morgan fingerprint density at radius 2 is 1.92 bits per heavy atom. The summed E-state index contributed by atoms with van der Waals surface area (Å²) < 4.78 is 36.3. The highest BCUT2D eigenvalue weighted by atomic mass is 28.3. The van der Waals surface area contributed by atoms with Gasteiger partial charge in [0.1, 0.15) is 8.96 Å². The van der Waals surface area contributed by atoms with E-state index in [0.717, 1.165) is 4.57 Å². The Morgan fingerprint density at radius 3 is 2.17 bits per heavy atom. The molecule has 0 saturated carbocycles. The molecule has 0 aromatic rings. The third-order valence-corrected chi connectivity index (χ3v) is 4.55. The van der Waals surface area contributed by atoms with Gasteiger partial charge in [-0.3, -0.25) is 4.79 Å². The van der Waals surface area contributed by atoms with Crippen LogP contribution in [0.25, 0.3) is 0 Å². The molecule has 12 heavy (non-hydrogen) atoms. The summed E-state index contributed by atoms with van der Waals surface area (Å²) in [7, 11) is -0.451. The maximum absolute atomic E-state index is 11.8. The van der Waals surface area contributed by atoms with Gasteiger partial charge >= 0.3 is 12.1 Å². The zero-order valence-electron chi connectivity index (χ0n) is 7.27. The van der Waals surface area contributed by atoms with Crippen molar-refractivity contribution >= 4 is 14.9 Å². The minimum absolute atomic E-state index is 0.651. The van der Waals surface area contributed by atoms with Gasteiger partial charge in [0.2, 0.25) is 0 Å². The Bertz CT molecular complexity index is 171. The second-order valence-electron chi connectivity index (χ2n) is 2.67. The van der Waals surface area contributed by atoms with E-state index in [4.69, 9.17) is 0 Å². The van der Waals surface area contributed by atoms with E-state index in [0.29, 0.717) is 6.04 Å². The monoisotopic (exact) mass is 199 g/mol. The first-order valence-electron chi connectivity index (χ1n) is 3.64. The Labute approximate surface area is 71.0 Å². The van der Waals surface area contributed by atoms with Crippen molar-refractivity contribution in [2.75, 3.05) is 7.05 Å². The fraction of sp³-hybridized carbons (Fsp3) is 0.833. The maximum Gasteiger partial charge on any atom is 0.470 e. The number of halogens is 3. The molecule has 0 fully saturated rings. The minimum Gasteiger partial charge on any atom is -0.367 e. The smallest absolute Gasteiger partial charge is 0.367 e. The highest BCUT2D eigenvalue weighted by molar-refractivity contribution is 6.57. The highest BCUT2D eigenvalue weighted by Crippen LogP contribution is 2.18. The normalized spacial score (nSPS) is 14.2. The first kappa shape index (κ1) is 11.5. The number of alkyl halides is 3. The summed E-state index contributed by atoms with van der Waals surface area (Å²) in [6, 6.07) is 0.651. The van der Waals surface area contributed by atoms with Gasteiger partial charge < -0.3 is 4.57 Å². The Morgan fingerprint density at radius 1 is 1.50 bits per heavy atom. The van der Waals surface area contributed by atoms with Crippen molar-refractivity contribution in [1.82, 2.24) is 4.57 Å². The highest BCUT2D eigenvalue weighted by Gasteiger charge is 2.42. The lowest BCUT2D eigenvalue weighted by Crippen LogP contribution is -2.45. The summed E-state index contributed by atoms with van der Waals surface area (Å²) in [6.07, 6.45) is -4.72. The second-order valence-corrected chi connectivity index (χ2v) is 5.96. The Kier molecular flexibility index (Phi) is 3.76. The number of nitrogens with zero attached hydrogens (tertiary/aromatic N) is 1. The predicted molar refractivity (Wildman–Crippen MR) is 42.3 cm³/mol. The molecule has 72 valence electrons. The largest absolute Gasteiger partial charge is 0.470 e. The molecule has 0 N–H and O–H groups in total. The molecule has 1 unspecified atom stereocenters. The first-order valence-corrected chi connectivity index (χ1v) is 6.13. The molecule has 1 atom stereocenters. The lowest BCUT2D eigenvalue weighted by atomic mass is 10.6. The molecule has 0 aromatic heterocycles. The molecule has 2 nitrogen and oxygen atoms in total. The number of amides is 1. The molecule has 0 saturated heterocycles. The Hall–Kier alpha value is -0.523. The SMILES string of the molecule is CC[SiH](C)N(C)C(=O)C(F)(F)F. The summed E-state index contributed by atoms with van der Waals surface area (Å²) in [4.78, 5) is 10.6. The molecule has 0 spiro atoms. The topological polar surface area (TPSA) is 20.3 Å². The number of hydrogen-bond acceptors (Lipinski definition) is 1. The van der Waals surface area contributed by atoms with Crippen LogP contribution in [0, 0.1) is 0 Å². The van der Waals surface area contributed by atoms with Crippen LogP contribution in [0.2, 0.25) is 12.6 Å². The van der Waals surface area contributed by atoms with Crippen molar-refractivity contribution in [3.63, 3.8) is 0 Å². The summed E-state index contributed by atoms with van der Waals surface area (Å²) >= 11 is 0. The van der Waals surface area contributed by atoms with Crippen LogP contribution in [0.4, 0.5) is 13.2 Å². The zero-order valence-corrected chi connectivity index (χ0v) is 8.43. The van der Waals surface area contributed by atoms with E-state index >= 15 is 0 Å². The quantitative estimate of drug-likeness (QED) is 0.615. The fourth-order valence-corrected chi connectivity index (χ4v) is 1.77. The molecule has 0 heterocycles. The number of carbonyl (C=O) groups is 1. The van der Waals surface area contributed by atoms with Crippen molar-refractivity contribution in [2.24, 2.45) is 0 Å². The number of carbonyl (C=O) groups excluding carboxylic acids is 1. The summed E-state index contributed by atoms with van der Waals surface area (Å²) in [6.45, 7) is 3.50. The molecule has 0 bridgehead atoms. The van der Waals surface area contributed by atoms with Crippen LogP contribution in [-0.2, 0) is 4.79 Å². The van der Waals surface area contributed by atoms with Gasteiger partial charge in [-0.15, -0.1) is 0 Å². The fourth-order valence-electron chi connectivity index (χ4n) is 0.674. The standard InChI is InChI=1S/C6H12F3NOSi/c1-4-12(3)10(2)5(11)6(7,8)9/h12H,4H2,1-3H3. The minimum atomic E-state index is -4.72. The zero-order chi connectivity index (χ0) is 9.94. The van der Waals surface area contributed by atoms with E-state index in [1.807, 2.05) is 0 Å². The van der Waals surface area contributed by atoms with Gasteiger partial charge in [0.25, 0.3) is 0 Å². The van der Waals surface area contributed by atoms with Crippen LogP contribution in [0.3, 0.4) is 0 Å². The van der Waals surface area contributed by atoms with Gasteiger partial charge in [-0.05, 0) is 6.04 Å². The molecular weight excluding hydrogens is 187 g/mol. The van der Waals surface area contributed by atoms with E-state index in [2.05, 4.69) is 0 Å². The van der Waals surface area contributed by atoms with Crippen LogP contribution in [0.1, 0.15) is 6.92 Å². The summed E-state index contributed by atoms with van der Waals surface area (Å²) in [5.41, 5.74) is 0. The van der Waals surface area contributed by atoms with Crippen molar-refractivity contribution in [1.29, 1.82) is 0 Å². The van der Waals surface area contributed by atoms with Crippen molar-refractivity contribution in [2.45, 2.75) is 25.7 Å². The maximum atomic E-state index is 11.8. The average Bonchev–Trinajstić information content (AvgIpc) is 1.98. The second kappa shape index (κ2) is 3.93. The van der Waals surface area contributed by atoms with E-state index in [9.17, 15) is 18.0 Å². The van der Waals surface area contributed by atoms with Crippen molar-refractivity contribution in [3.05, 3.63) is 0 Å². The van der Waals surface area contributed by atoms with E-state index in [-0.39, 0.29) is 0 Å². The van der Waals surface area contributed by atoms with Crippen molar-refractivity contribution in [3.8, 4) is 0 Å². The first-order chi connectivity index (χ1) is 5.30. The molecule has 1 amide bonds. The van der Waals surface area contributed by atoms with Gasteiger partial charge in [0.05, 0.1) is 0 Å². The van der Waals surface area contributed by atoms with E-state index in [1.165, 1.54) is 7.05 Å². The summed E-state index contributed by atoms with van der Waals surface area (Å²) in [5.74, 6) is -1.72. The van der Waals surface area contributed by atoms with Crippen LogP contribution in [0.5, 0.6) is 0 Å². The Balaban J connectivity index is 4.30. The summed E-state index contributed by atoms with van der Waals surface area (Å²) in [5, 5.41) is 0. The van der Waals surface area contributed by atoms with E-state index in [1.54, 1.807) is 13.5 Å². The molecule has 0 aliphatic carbocycles. The van der Waals surface area contributed by atoms with Gasteiger partial charge in [-0.1, -0.05) is 13.5 Å². The van der Waals surface area contributed by atoms with E-state index < -0.39 is 21.0 Å². The van der Waals surface area contributed by atoms with Gasteiger partial charge in [-0.2, -0.15) is 13.2 Å². The molecule has 0 aromatic carbocycles. The van der Waals surface area contributed by atoms with Crippen LogP contribution in [0.15, 0.2) is 0 Å². The molecular formula is C6H12F3NOSi. The van der Waals surface area contributed by atoms with Gasteiger partial charge in [0, 0.05) is 7.05 Å². The van der Waals surface area contributed by atoms with Crippen LogP contribution in [-0.4, -0.2) is 32.7 Å².